The second-order valence-electron chi connectivity index (χ2n) is 3.76. The fourth-order valence-electron chi connectivity index (χ4n) is 1.78. The summed E-state index contributed by atoms with van der Waals surface area (Å²) in [6.07, 6.45) is 3.92. The van der Waals surface area contributed by atoms with Gasteiger partial charge >= 0.3 is 0 Å². The Morgan fingerprint density at radius 1 is 1.53 bits per heavy atom. The largest absolute Gasteiger partial charge is 0.348 e. The number of hydrogen-bond donors (Lipinski definition) is 1. The van der Waals surface area contributed by atoms with Crippen LogP contribution in [0.2, 0.25) is 0 Å². The van der Waals surface area contributed by atoms with Crippen LogP contribution >= 0.6 is 11.8 Å². The average molecular weight is 247 g/mol. The summed E-state index contributed by atoms with van der Waals surface area (Å²) in [5, 5.41) is 2.92. The molecule has 88 valence electrons. The molecule has 0 unspecified atom stereocenters. The van der Waals surface area contributed by atoms with E-state index in [1.165, 1.54) is 11.8 Å². The first kappa shape index (κ1) is 11.9. The first-order chi connectivity index (χ1) is 8.18. The highest BCUT2D eigenvalue weighted by Gasteiger charge is 2.19. The van der Waals surface area contributed by atoms with E-state index < -0.39 is 0 Å². The van der Waals surface area contributed by atoms with Crippen LogP contribution in [-0.4, -0.2) is 16.8 Å². The van der Waals surface area contributed by atoms with E-state index in [0.717, 1.165) is 16.7 Å². The van der Waals surface area contributed by atoms with E-state index in [2.05, 4.69) is 5.32 Å². The molecular weight excluding hydrogens is 234 g/mol. The third-order valence-corrected chi connectivity index (χ3v) is 3.33. The van der Waals surface area contributed by atoms with Crippen LogP contribution in [0.3, 0.4) is 0 Å². The van der Waals surface area contributed by atoms with E-state index in [9.17, 15) is 9.59 Å². The van der Waals surface area contributed by atoms with Crippen molar-refractivity contribution >= 4 is 28.9 Å². The van der Waals surface area contributed by atoms with Gasteiger partial charge < -0.3 is 5.32 Å². The second-order valence-corrected chi connectivity index (χ2v) is 4.96. The molecule has 0 saturated carbocycles. The Kier molecular flexibility index (Phi) is 3.64. The number of thioether (sulfide) groups is 1. The van der Waals surface area contributed by atoms with Crippen molar-refractivity contribution < 1.29 is 9.59 Å². The van der Waals surface area contributed by atoms with Crippen molar-refractivity contribution in [2.24, 2.45) is 0 Å². The number of amides is 1. The Morgan fingerprint density at radius 2 is 2.35 bits per heavy atom. The zero-order chi connectivity index (χ0) is 12.3. The van der Waals surface area contributed by atoms with Gasteiger partial charge in [-0.2, -0.15) is 0 Å². The van der Waals surface area contributed by atoms with Gasteiger partial charge in [0.25, 0.3) is 5.91 Å². The lowest BCUT2D eigenvalue weighted by Gasteiger charge is -2.00. The monoisotopic (exact) mass is 247 g/mol. The predicted octanol–water partition coefficient (Wildman–Crippen LogP) is 2.22. The molecule has 0 spiro atoms. The molecular formula is C13H13NO2S. The summed E-state index contributed by atoms with van der Waals surface area (Å²) in [5.74, 6) is 0.661. The Balaban J connectivity index is 2.12. The molecule has 4 heteroatoms. The van der Waals surface area contributed by atoms with Crippen LogP contribution in [0.1, 0.15) is 28.4 Å². The van der Waals surface area contributed by atoms with E-state index in [1.54, 1.807) is 6.92 Å². The van der Waals surface area contributed by atoms with E-state index in [4.69, 9.17) is 0 Å². The van der Waals surface area contributed by atoms with Gasteiger partial charge in [0.2, 0.25) is 0 Å². The highest BCUT2D eigenvalue weighted by atomic mass is 32.2. The maximum absolute atomic E-state index is 11.5. The smallest absolute Gasteiger partial charge is 0.251 e. The van der Waals surface area contributed by atoms with Crippen LogP contribution in [-0.2, 0) is 11.3 Å². The summed E-state index contributed by atoms with van der Waals surface area (Å²) in [7, 11) is 0. The quantitative estimate of drug-likeness (QED) is 0.891. The van der Waals surface area contributed by atoms with Crippen LogP contribution in [0.15, 0.2) is 24.3 Å². The summed E-state index contributed by atoms with van der Waals surface area (Å²) in [5.41, 5.74) is 2.85. The number of benzene rings is 1. The topological polar surface area (TPSA) is 46.2 Å². The Morgan fingerprint density at radius 3 is 3.12 bits per heavy atom. The van der Waals surface area contributed by atoms with Gasteiger partial charge in [0.1, 0.15) is 0 Å². The molecule has 0 fully saturated rings. The first-order valence-electron chi connectivity index (χ1n) is 5.38. The number of fused-ring (bicyclic) bond motifs is 1. The van der Waals surface area contributed by atoms with Crippen LogP contribution in [0.5, 0.6) is 0 Å². The fourth-order valence-corrected chi connectivity index (χ4v) is 2.20. The van der Waals surface area contributed by atoms with Gasteiger partial charge in [-0.05, 0) is 17.2 Å². The highest BCUT2D eigenvalue weighted by molar-refractivity contribution is 8.13. The van der Waals surface area contributed by atoms with E-state index in [0.29, 0.717) is 12.3 Å². The maximum Gasteiger partial charge on any atom is 0.251 e. The van der Waals surface area contributed by atoms with Crippen molar-refractivity contribution in [2.75, 3.05) is 5.75 Å². The van der Waals surface area contributed by atoms with Gasteiger partial charge in [0.05, 0.1) is 0 Å². The molecule has 1 aliphatic rings. The molecule has 1 heterocycles. The lowest BCUT2D eigenvalue weighted by molar-refractivity contribution is -0.109. The summed E-state index contributed by atoms with van der Waals surface area (Å²) in [6.45, 7) is 2.15. The first-order valence-corrected chi connectivity index (χ1v) is 6.37. The Labute approximate surface area is 104 Å². The number of carbonyl (C=O) groups excluding carboxylic acids is 2. The number of hydrogen-bond acceptors (Lipinski definition) is 3. The molecule has 2 rings (SSSR count). The minimum atomic E-state index is -0.00615. The van der Waals surface area contributed by atoms with Crippen molar-refractivity contribution in [3.8, 4) is 0 Å². The third kappa shape index (κ3) is 2.77. The maximum atomic E-state index is 11.5. The summed E-state index contributed by atoms with van der Waals surface area (Å²) < 4.78 is 0. The molecule has 0 saturated heterocycles. The van der Waals surface area contributed by atoms with Gasteiger partial charge in [-0.25, -0.2) is 0 Å². The lowest BCUT2D eigenvalue weighted by Crippen LogP contribution is -2.12. The van der Waals surface area contributed by atoms with Crippen molar-refractivity contribution in [2.45, 2.75) is 13.5 Å². The van der Waals surface area contributed by atoms with Gasteiger partial charge in [-0.15, -0.1) is 0 Å². The minimum absolute atomic E-state index is 0.00615. The molecule has 1 aromatic carbocycles. The normalized spacial score (nSPS) is 13.8. The van der Waals surface area contributed by atoms with Gasteiger partial charge in [-0.3, -0.25) is 9.59 Å². The van der Waals surface area contributed by atoms with Crippen molar-refractivity contribution in [3.05, 3.63) is 41.0 Å². The number of nitrogens with one attached hydrogen (secondary N) is 1. The van der Waals surface area contributed by atoms with Crippen molar-refractivity contribution in [1.29, 1.82) is 0 Å². The molecule has 0 bridgehead atoms. The van der Waals surface area contributed by atoms with Crippen LogP contribution in [0.25, 0.3) is 6.08 Å². The highest BCUT2D eigenvalue weighted by Crippen LogP contribution is 2.21. The molecule has 1 amide bonds. The van der Waals surface area contributed by atoms with Crippen LogP contribution in [0.4, 0.5) is 0 Å². The zero-order valence-electron chi connectivity index (χ0n) is 9.53. The van der Waals surface area contributed by atoms with Crippen LogP contribution < -0.4 is 5.32 Å². The zero-order valence-corrected chi connectivity index (χ0v) is 10.3. The van der Waals surface area contributed by atoms with Gasteiger partial charge in [0, 0.05) is 24.8 Å². The van der Waals surface area contributed by atoms with Crippen LogP contribution in [0, 0.1) is 0 Å². The Bertz CT molecular complexity index is 494. The fraction of sp³-hybridized carbons (Fsp3) is 0.231. The molecule has 3 nitrogen and oxygen atoms in total. The molecule has 0 radical (unpaired) electrons. The summed E-state index contributed by atoms with van der Waals surface area (Å²) in [4.78, 5) is 22.2. The molecule has 1 aromatic rings. The summed E-state index contributed by atoms with van der Waals surface area (Å²) >= 11 is 1.28. The van der Waals surface area contributed by atoms with Crippen molar-refractivity contribution in [3.63, 3.8) is 0 Å². The minimum Gasteiger partial charge on any atom is -0.348 e. The van der Waals surface area contributed by atoms with Gasteiger partial charge in [-0.1, -0.05) is 36.0 Å². The van der Waals surface area contributed by atoms with E-state index in [-0.39, 0.29) is 11.0 Å². The molecule has 0 aliphatic carbocycles. The van der Waals surface area contributed by atoms with Crippen molar-refractivity contribution in [1.82, 2.24) is 5.32 Å². The Hall–Kier alpha value is -1.55. The standard InChI is InChI=1S/C13H13NO2S/c1-9(15)17-7-3-5-10-4-2-6-11-12(10)8-14-13(11)16/h2-6H,7-8H2,1H3,(H,14,16). The average Bonchev–Trinajstić information content (AvgIpc) is 2.67. The molecule has 1 N–H and O–H groups in total. The lowest BCUT2D eigenvalue weighted by atomic mass is 10.0. The molecule has 1 aliphatic heterocycles. The second kappa shape index (κ2) is 5.19. The predicted molar refractivity (Wildman–Crippen MR) is 69.8 cm³/mol. The van der Waals surface area contributed by atoms with E-state index in [1.807, 2.05) is 30.4 Å². The molecule has 17 heavy (non-hydrogen) atoms. The summed E-state index contributed by atoms with van der Waals surface area (Å²) in [6, 6.07) is 5.69. The third-order valence-electron chi connectivity index (χ3n) is 2.56. The molecule has 0 atom stereocenters. The number of carbonyl (C=O) groups is 2. The van der Waals surface area contributed by atoms with E-state index >= 15 is 0 Å². The van der Waals surface area contributed by atoms with Gasteiger partial charge in [0.15, 0.2) is 5.12 Å². The number of rotatable bonds is 3. The molecule has 0 aromatic heterocycles. The SMILES string of the molecule is CC(=O)SCC=Cc1cccc2c1CNC2=O.